The maximum Gasteiger partial charge on any atom is 0.223 e. The Balaban J connectivity index is 1.76. The molecule has 1 aliphatic carbocycles. The lowest BCUT2D eigenvalue weighted by Gasteiger charge is -2.05. The van der Waals surface area contributed by atoms with Crippen molar-refractivity contribution in [3.05, 3.63) is 35.6 Å². The van der Waals surface area contributed by atoms with Crippen molar-refractivity contribution in [2.75, 3.05) is 6.54 Å². The Hall–Kier alpha value is -1.38. The molecular formula is C13H16FNO. The number of rotatable bonds is 4. The van der Waals surface area contributed by atoms with Gasteiger partial charge in [-0.15, -0.1) is 0 Å². The highest BCUT2D eigenvalue weighted by molar-refractivity contribution is 5.81. The van der Waals surface area contributed by atoms with E-state index in [1.54, 1.807) is 12.1 Å². The van der Waals surface area contributed by atoms with Crippen LogP contribution in [-0.4, -0.2) is 12.5 Å². The van der Waals surface area contributed by atoms with Gasteiger partial charge in [-0.2, -0.15) is 0 Å². The zero-order chi connectivity index (χ0) is 11.5. The number of halogens is 1. The molecule has 1 saturated carbocycles. The van der Waals surface area contributed by atoms with Crippen LogP contribution >= 0.6 is 0 Å². The number of nitrogens with one attached hydrogen (secondary N) is 1. The van der Waals surface area contributed by atoms with Gasteiger partial charge in [-0.3, -0.25) is 4.79 Å². The van der Waals surface area contributed by atoms with E-state index in [1.807, 2.05) is 6.07 Å². The van der Waals surface area contributed by atoms with Crippen LogP contribution in [0.5, 0.6) is 0 Å². The van der Waals surface area contributed by atoms with Crippen molar-refractivity contribution in [2.24, 2.45) is 11.8 Å². The van der Waals surface area contributed by atoms with Crippen LogP contribution < -0.4 is 5.32 Å². The van der Waals surface area contributed by atoms with E-state index in [1.165, 1.54) is 6.07 Å². The van der Waals surface area contributed by atoms with E-state index in [9.17, 15) is 9.18 Å². The Morgan fingerprint density at radius 3 is 2.81 bits per heavy atom. The molecule has 0 aromatic heterocycles. The summed E-state index contributed by atoms with van der Waals surface area (Å²) < 4.78 is 13.2. The molecule has 0 aliphatic heterocycles. The van der Waals surface area contributed by atoms with Crippen molar-refractivity contribution in [1.82, 2.24) is 5.32 Å². The molecule has 0 unspecified atom stereocenters. The van der Waals surface area contributed by atoms with Crippen LogP contribution in [0.4, 0.5) is 4.39 Å². The lowest BCUT2D eigenvalue weighted by molar-refractivity contribution is -0.122. The fraction of sp³-hybridized carbons (Fsp3) is 0.462. The van der Waals surface area contributed by atoms with Gasteiger partial charge in [0.2, 0.25) is 5.91 Å². The van der Waals surface area contributed by atoms with Gasteiger partial charge in [0.15, 0.2) is 0 Å². The maximum absolute atomic E-state index is 13.2. The highest BCUT2D eigenvalue weighted by atomic mass is 19.1. The minimum absolute atomic E-state index is 0.115. The third-order valence-electron chi connectivity index (χ3n) is 3.10. The smallest absolute Gasteiger partial charge is 0.223 e. The third-order valence-corrected chi connectivity index (χ3v) is 3.10. The Bertz CT molecular complexity index is 391. The molecule has 16 heavy (non-hydrogen) atoms. The highest BCUT2D eigenvalue weighted by Gasteiger charge is 2.38. The summed E-state index contributed by atoms with van der Waals surface area (Å²) in [6.45, 7) is 2.59. The molecule has 0 bridgehead atoms. The number of carbonyl (C=O) groups excluding carboxylic acids is 1. The molecule has 2 rings (SSSR count). The molecule has 0 spiro atoms. The van der Waals surface area contributed by atoms with Crippen molar-refractivity contribution in [3.63, 3.8) is 0 Å². The van der Waals surface area contributed by atoms with Crippen molar-refractivity contribution in [3.8, 4) is 0 Å². The van der Waals surface area contributed by atoms with Crippen LogP contribution in [0.3, 0.4) is 0 Å². The standard InChI is InChI=1S/C13H16FNO/c1-9-8-11(9)13(16)15-7-6-10-4-2-3-5-12(10)14/h2-5,9,11H,6-8H2,1H3,(H,15,16)/t9-,11-/m1/s1. The van der Waals surface area contributed by atoms with Gasteiger partial charge in [0, 0.05) is 12.5 Å². The Morgan fingerprint density at radius 1 is 1.50 bits per heavy atom. The fourth-order valence-electron chi connectivity index (χ4n) is 1.84. The van der Waals surface area contributed by atoms with Crippen LogP contribution in [0.1, 0.15) is 18.9 Å². The molecule has 1 aromatic carbocycles. The molecule has 0 radical (unpaired) electrons. The molecule has 3 heteroatoms. The first-order valence-corrected chi connectivity index (χ1v) is 5.69. The monoisotopic (exact) mass is 221 g/mol. The maximum atomic E-state index is 13.2. The van der Waals surface area contributed by atoms with Crippen molar-refractivity contribution >= 4 is 5.91 Å². The molecule has 1 fully saturated rings. The first kappa shape index (κ1) is 11.1. The topological polar surface area (TPSA) is 29.1 Å². The lowest BCUT2D eigenvalue weighted by Crippen LogP contribution is -2.27. The summed E-state index contributed by atoms with van der Waals surface area (Å²) in [5.74, 6) is 0.634. The van der Waals surface area contributed by atoms with E-state index in [-0.39, 0.29) is 17.6 Å². The molecule has 0 heterocycles. The average molecular weight is 221 g/mol. The largest absolute Gasteiger partial charge is 0.356 e. The normalized spacial score (nSPS) is 22.9. The number of benzene rings is 1. The molecule has 1 aliphatic rings. The van der Waals surface area contributed by atoms with Gasteiger partial charge in [-0.1, -0.05) is 25.1 Å². The molecule has 1 N–H and O–H groups in total. The van der Waals surface area contributed by atoms with Crippen LogP contribution in [0.25, 0.3) is 0 Å². The van der Waals surface area contributed by atoms with Gasteiger partial charge in [-0.25, -0.2) is 4.39 Å². The summed E-state index contributed by atoms with van der Waals surface area (Å²) in [4.78, 5) is 11.5. The second-order valence-corrected chi connectivity index (χ2v) is 4.45. The predicted octanol–water partition coefficient (Wildman–Crippen LogP) is 2.14. The van der Waals surface area contributed by atoms with Gasteiger partial charge in [0.25, 0.3) is 0 Å². The Kier molecular flexibility index (Phi) is 3.22. The Morgan fingerprint density at radius 2 is 2.19 bits per heavy atom. The molecule has 2 atom stereocenters. The van der Waals surface area contributed by atoms with Crippen LogP contribution in [0.15, 0.2) is 24.3 Å². The summed E-state index contributed by atoms with van der Waals surface area (Å²) in [5, 5.41) is 2.85. The van der Waals surface area contributed by atoms with Gasteiger partial charge in [-0.05, 0) is 30.4 Å². The van der Waals surface area contributed by atoms with Crippen molar-refractivity contribution in [2.45, 2.75) is 19.8 Å². The van der Waals surface area contributed by atoms with Crippen LogP contribution in [0.2, 0.25) is 0 Å². The number of amides is 1. The first-order chi connectivity index (χ1) is 7.68. The van der Waals surface area contributed by atoms with E-state index in [4.69, 9.17) is 0 Å². The predicted molar refractivity (Wildman–Crippen MR) is 60.4 cm³/mol. The first-order valence-electron chi connectivity index (χ1n) is 5.69. The van der Waals surface area contributed by atoms with Crippen LogP contribution in [-0.2, 0) is 11.2 Å². The SMILES string of the molecule is C[C@@H]1C[C@H]1C(=O)NCCc1ccccc1F. The molecule has 86 valence electrons. The highest BCUT2D eigenvalue weighted by Crippen LogP contribution is 2.37. The summed E-state index contributed by atoms with van der Waals surface area (Å²) in [7, 11) is 0. The molecule has 0 saturated heterocycles. The summed E-state index contributed by atoms with van der Waals surface area (Å²) in [6.07, 6.45) is 1.55. The van der Waals surface area contributed by atoms with Crippen molar-refractivity contribution in [1.29, 1.82) is 0 Å². The van der Waals surface area contributed by atoms with E-state index >= 15 is 0 Å². The summed E-state index contributed by atoms with van der Waals surface area (Å²) >= 11 is 0. The fourth-order valence-corrected chi connectivity index (χ4v) is 1.84. The van der Waals surface area contributed by atoms with Gasteiger partial charge < -0.3 is 5.32 Å². The number of hydrogen-bond donors (Lipinski definition) is 1. The van der Waals surface area contributed by atoms with Gasteiger partial charge in [0.1, 0.15) is 5.82 Å². The number of carbonyl (C=O) groups is 1. The minimum atomic E-state index is -0.198. The van der Waals surface area contributed by atoms with Crippen molar-refractivity contribution < 1.29 is 9.18 Å². The number of hydrogen-bond acceptors (Lipinski definition) is 1. The minimum Gasteiger partial charge on any atom is -0.356 e. The Labute approximate surface area is 94.9 Å². The molecule has 1 aromatic rings. The molecule has 1 amide bonds. The zero-order valence-corrected chi connectivity index (χ0v) is 9.37. The van der Waals surface area contributed by atoms with E-state index < -0.39 is 0 Å². The zero-order valence-electron chi connectivity index (χ0n) is 9.37. The summed E-state index contributed by atoms with van der Waals surface area (Å²) in [6, 6.07) is 6.67. The van der Waals surface area contributed by atoms with Gasteiger partial charge >= 0.3 is 0 Å². The van der Waals surface area contributed by atoms with E-state index in [0.717, 1.165) is 6.42 Å². The summed E-state index contributed by atoms with van der Waals surface area (Å²) in [5.41, 5.74) is 0.659. The second-order valence-electron chi connectivity index (χ2n) is 4.45. The average Bonchev–Trinajstić information content (AvgIpc) is 2.98. The second kappa shape index (κ2) is 4.64. The lowest BCUT2D eigenvalue weighted by atomic mass is 10.1. The quantitative estimate of drug-likeness (QED) is 0.829. The molecule has 2 nitrogen and oxygen atoms in total. The van der Waals surface area contributed by atoms with Gasteiger partial charge in [0.05, 0.1) is 0 Å². The van der Waals surface area contributed by atoms with Crippen LogP contribution in [0, 0.1) is 17.7 Å². The molecular weight excluding hydrogens is 205 g/mol. The van der Waals surface area contributed by atoms with E-state index in [2.05, 4.69) is 12.2 Å². The third kappa shape index (κ3) is 2.60. The van der Waals surface area contributed by atoms with E-state index in [0.29, 0.717) is 24.4 Å².